The number of anilines is 1. The summed E-state index contributed by atoms with van der Waals surface area (Å²) in [6, 6.07) is 14.9. The summed E-state index contributed by atoms with van der Waals surface area (Å²) in [5.74, 6) is 1.57. The molecule has 1 amide bonds. The van der Waals surface area contributed by atoms with Crippen LogP contribution in [-0.2, 0) is 13.7 Å². The third-order valence-corrected chi connectivity index (χ3v) is 4.83. The zero-order chi connectivity index (χ0) is 20.2. The van der Waals surface area contributed by atoms with E-state index in [4.69, 9.17) is 9.15 Å². The first-order valence-corrected chi connectivity index (χ1v) is 9.60. The summed E-state index contributed by atoms with van der Waals surface area (Å²) in [7, 11) is 1.76. The lowest BCUT2D eigenvalue weighted by Gasteiger charge is -2.06. The number of benzene rings is 2. The Balaban J connectivity index is 1.35. The number of aryl methyl sites for hydroxylation is 1. The van der Waals surface area contributed by atoms with E-state index in [9.17, 15) is 4.79 Å². The van der Waals surface area contributed by atoms with Crippen LogP contribution in [0, 0.1) is 0 Å². The van der Waals surface area contributed by atoms with Crippen LogP contribution in [0.2, 0.25) is 0 Å². The first-order chi connectivity index (χ1) is 14.1. The van der Waals surface area contributed by atoms with Crippen molar-refractivity contribution in [3.8, 4) is 17.1 Å². The number of halogens is 1. The first-order valence-electron chi connectivity index (χ1n) is 8.81. The van der Waals surface area contributed by atoms with E-state index in [0.29, 0.717) is 28.7 Å². The summed E-state index contributed by atoms with van der Waals surface area (Å²) < 4.78 is 14.0. The fourth-order valence-corrected chi connectivity index (χ4v) is 3.16. The Morgan fingerprint density at radius 2 is 1.97 bits per heavy atom. The predicted octanol–water partition coefficient (Wildman–Crippen LogP) is 4.67. The molecular weight excluding hydrogens is 436 g/mol. The van der Waals surface area contributed by atoms with Gasteiger partial charge in [0.2, 0.25) is 5.89 Å². The van der Waals surface area contributed by atoms with E-state index in [2.05, 4.69) is 31.3 Å². The largest absolute Gasteiger partial charge is 0.484 e. The molecule has 0 bridgehead atoms. The highest BCUT2D eigenvalue weighted by atomic mass is 79.9. The van der Waals surface area contributed by atoms with Crippen LogP contribution in [0.15, 0.2) is 76.0 Å². The van der Waals surface area contributed by atoms with Gasteiger partial charge in [-0.05, 0) is 30.3 Å². The van der Waals surface area contributed by atoms with Crippen LogP contribution in [0.3, 0.4) is 0 Å². The van der Waals surface area contributed by atoms with Crippen LogP contribution in [0.1, 0.15) is 16.2 Å². The molecule has 4 aromatic rings. The SMILES string of the molecule is Cn1cc(C(=O)Nc2ccc(OCc3ncc(-c4ccccc4Br)o3)cc2)cn1. The molecule has 1 N–H and O–H groups in total. The van der Waals surface area contributed by atoms with E-state index in [1.165, 1.54) is 6.20 Å². The highest BCUT2D eigenvalue weighted by Gasteiger charge is 2.10. The topological polar surface area (TPSA) is 82.2 Å². The number of aromatic nitrogens is 3. The number of hydrogen-bond acceptors (Lipinski definition) is 5. The lowest BCUT2D eigenvalue weighted by molar-refractivity contribution is 0.102. The molecule has 4 rings (SSSR count). The number of oxazole rings is 1. The second kappa shape index (κ2) is 8.32. The van der Waals surface area contributed by atoms with Gasteiger partial charge in [-0.1, -0.05) is 34.1 Å². The van der Waals surface area contributed by atoms with Gasteiger partial charge in [0.15, 0.2) is 12.4 Å². The Hall–Kier alpha value is -3.39. The van der Waals surface area contributed by atoms with Crippen molar-refractivity contribution in [2.75, 3.05) is 5.32 Å². The summed E-state index contributed by atoms with van der Waals surface area (Å²) in [6.45, 7) is 0.200. The van der Waals surface area contributed by atoms with E-state index in [1.54, 1.807) is 48.4 Å². The van der Waals surface area contributed by atoms with Gasteiger partial charge in [0.25, 0.3) is 5.91 Å². The molecule has 0 spiro atoms. The third kappa shape index (κ3) is 4.55. The molecular formula is C21H17BrN4O3. The number of nitrogens with zero attached hydrogens (tertiary/aromatic N) is 3. The van der Waals surface area contributed by atoms with Crippen molar-refractivity contribution < 1.29 is 13.9 Å². The molecule has 2 aromatic heterocycles. The molecule has 0 saturated heterocycles. The minimum atomic E-state index is -0.217. The maximum absolute atomic E-state index is 12.1. The summed E-state index contributed by atoms with van der Waals surface area (Å²) >= 11 is 3.50. The summed E-state index contributed by atoms with van der Waals surface area (Å²) in [4.78, 5) is 16.4. The standard InChI is InChI=1S/C21H17BrN4O3/c1-26-12-14(10-24-26)21(27)25-15-6-8-16(9-7-15)28-13-20-23-11-19(29-20)17-4-2-3-5-18(17)22/h2-12H,13H2,1H3,(H,25,27). The fourth-order valence-electron chi connectivity index (χ4n) is 2.68. The molecule has 0 aliphatic carbocycles. The highest BCUT2D eigenvalue weighted by molar-refractivity contribution is 9.10. The maximum Gasteiger partial charge on any atom is 0.258 e. The fraction of sp³-hybridized carbons (Fsp3) is 0.0952. The molecule has 0 saturated carbocycles. The number of hydrogen-bond donors (Lipinski definition) is 1. The maximum atomic E-state index is 12.1. The molecule has 0 fully saturated rings. The Kier molecular flexibility index (Phi) is 5.44. The van der Waals surface area contributed by atoms with Crippen LogP contribution in [0.5, 0.6) is 5.75 Å². The molecule has 8 heteroatoms. The van der Waals surface area contributed by atoms with Gasteiger partial charge < -0.3 is 14.5 Å². The molecule has 0 unspecified atom stereocenters. The van der Waals surface area contributed by atoms with Gasteiger partial charge in [0.05, 0.1) is 18.0 Å². The monoisotopic (exact) mass is 452 g/mol. The number of carbonyl (C=O) groups is 1. The number of nitrogens with one attached hydrogen (secondary N) is 1. The minimum Gasteiger partial charge on any atom is -0.484 e. The van der Waals surface area contributed by atoms with E-state index >= 15 is 0 Å². The van der Waals surface area contributed by atoms with Gasteiger partial charge >= 0.3 is 0 Å². The zero-order valence-electron chi connectivity index (χ0n) is 15.5. The first kappa shape index (κ1) is 18.9. The number of rotatable bonds is 6. The highest BCUT2D eigenvalue weighted by Crippen LogP contribution is 2.28. The van der Waals surface area contributed by atoms with E-state index in [-0.39, 0.29) is 12.5 Å². The van der Waals surface area contributed by atoms with Gasteiger partial charge in [0.1, 0.15) is 5.75 Å². The predicted molar refractivity (Wildman–Crippen MR) is 112 cm³/mol. The summed E-state index contributed by atoms with van der Waals surface area (Å²) in [5, 5.41) is 6.81. The average molecular weight is 453 g/mol. The van der Waals surface area contributed by atoms with Crippen molar-refractivity contribution in [3.05, 3.63) is 83.0 Å². The molecule has 7 nitrogen and oxygen atoms in total. The molecule has 0 radical (unpaired) electrons. The molecule has 146 valence electrons. The zero-order valence-corrected chi connectivity index (χ0v) is 17.1. The number of amides is 1. The average Bonchev–Trinajstić information content (AvgIpc) is 3.37. The number of carbonyl (C=O) groups excluding carboxylic acids is 1. The van der Waals surface area contributed by atoms with Crippen molar-refractivity contribution in [2.24, 2.45) is 7.05 Å². The van der Waals surface area contributed by atoms with E-state index in [0.717, 1.165) is 10.0 Å². The van der Waals surface area contributed by atoms with Crippen LogP contribution >= 0.6 is 15.9 Å². The Bertz CT molecular complexity index is 1130. The van der Waals surface area contributed by atoms with Gasteiger partial charge in [-0.15, -0.1) is 0 Å². The van der Waals surface area contributed by atoms with Gasteiger partial charge in [0, 0.05) is 29.0 Å². The minimum absolute atomic E-state index is 0.200. The van der Waals surface area contributed by atoms with Crippen LogP contribution in [0.4, 0.5) is 5.69 Å². The van der Waals surface area contributed by atoms with Crippen molar-refractivity contribution >= 4 is 27.5 Å². The van der Waals surface area contributed by atoms with Gasteiger partial charge in [-0.3, -0.25) is 9.48 Å². The molecule has 0 aliphatic heterocycles. The summed E-state index contributed by atoms with van der Waals surface area (Å²) in [6.07, 6.45) is 4.85. The third-order valence-electron chi connectivity index (χ3n) is 4.13. The van der Waals surface area contributed by atoms with Gasteiger partial charge in [-0.2, -0.15) is 5.10 Å². The second-order valence-electron chi connectivity index (χ2n) is 6.27. The molecule has 29 heavy (non-hydrogen) atoms. The van der Waals surface area contributed by atoms with Crippen LogP contribution < -0.4 is 10.1 Å². The Morgan fingerprint density at radius 3 is 2.69 bits per heavy atom. The van der Waals surface area contributed by atoms with Crippen LogP contribution in [-0.4, -0.2) is 20.7 Å². The number of ether oxygens (including phenoxy) is 1. The lowest BCUT2D eigenvalue weighted by atomic mass is 10.2. The van der Waals surface area contributed by atoms with E-state index < -0.39 is 0 Å². The second-order valence-corrected chi connectivity index (χ2v) is 7.12. The normalized spacial score (nSPS) is 10.7. The van der Waals surface area contributed by atoms with Gasteiger partial charge in [-0.25, -0.2) is 4.98 Å². The smallest absolute Gasteiger partial charge is 0.258 e. The van der Waals surface area contributed by atoms with Crippen molar-refractivity contribution in [2.45, 2.75) is 6.61 Å². The van der Waals surface area contributed by atoms with Crippen molar-refractivity contribution in [1.29, 1.82) is 0 Å². The molecule has 0 atom stereocenters. The van der Waals surface area contributed by atoms with E-state index in [1.807, 2.05) is 24.3 Å². The lowest BCUT2D eigenvalue weighted by Crippen LogP contribution is -2.10. The quantitative estimate of drug-likeness (QED) is 0.459. The molecule has 2 aromatic carbocycles. The van der Waals surface area contributed by atoms with Crippen molar-refractivity contribution in [1.82, 2.24) is 14.8 Å². The summed E-state index contributed by atoms with van der Waals surface area (Å²) in [5.41, 5.74) is 2.09. The van der Waals surface area contributed by atoms with Crippen LogP contribution in [0.25, 0.3) is 11.3 Å². The Labute approximate surface area is 175 Å². The molecule has 0 aliphatic rings. The van der Waals surface area contributed by atoms with Crippen molar-refractivity contribution in [3.63, 3.8) is 0 Å². The Morgan fingerprint density at radius 1 is 1.17 bits per heavy atom. The molecule has 2 heterocycles.